The number of hydrogen-bond acceptors (Lipinski definition) is 4. The maximum Gasteiger partial charge on any atom is 0.224 e. The van der Waals surface area contributed by atoms with Crippen LogP contribution in [0.5, 0.6) is 0 Å². The Kier molecular flexibility index (Phi) is 4.21. The summed E-state index contributed by atoms with van der Waals surface area (Å²) in [5.41, 5.74) is 10.3. The molecule has 138 valence electrons. The minimum absolute atomic E-state index is 0.144. The van der Waals surface area contributed by atoms with Gasteiger partial charge in [-0.15, -0.1) is 0 Å². The maximum absolute atomic E-state index is 12.4. The number of amides is 1. The molecule has 0 aliphatic carbocycles. The molecule has 0 radical (unpaired) electrons. The SMILES string of the molecule is CC(=O)N(Cc1cc2nc(N)c(C)cc2[nH]1)c1ccc2ccccc2c1C#N. The lowest BCUT2D eigenvalue weighted by atomic mass is 10.0. The number of anilines is 2. The molecular weight excluding hydrogens is 350 g/mol. The van der Waals surface area contributed by atoms with E-state index in [1.54, 1.807) is 4.90 Å². The van der Waals surface area contributed by atoms with Gasteiger partial charge < -0.3 is 15.6 Å². The molecule has 0 fully saturated rings. The van der Waals surface area contributed by atoms with Crippen molar-refractivity contribution < 1.29 is 4.79 Å². The minimum atomic E-state index is -0.144. The third-order valence-electron chi connectivity index (χ3n) is 4.91. The van der Waals surface area contributed by atoms with Gasteiger partial charge in [0.1, 0.15) is 11.9 Å². The monoisotopic (exact) mass is 369 g/mol. The second kappa shape index (κ2) is 6.71. The fourth-order valence-corrected chi connectivity index (χ4v) is 3.45. The molecule has 0 aliphatic heterocycles. The molecule has 0 saturated heterocycles. The largest absolute Gasteiger partial charge is 0.383 e. The van der Waals surface area contributed by atoms with Gasteiger partial charge in [0.05, 0.1) is 28.8 Å². The number of nitrogens with zero attached hydrogens (tertiary/aromatic N) is 3. The Morgan fingerprint density at radius 1 is 1.25 bits per heavy atom. The first-order valence-corrected chi connectivity index (χ1v) is 8.92. The van der Waals surface area contributed by atoms with E-state index < -0.39 is 0 Å². The standard InChI is InChI=1S/C22H19N5O/c1-13-9-19-20(26-22(13)24)10-16(25-19)12-27(14(2)28)21-8-7-15-5-3-4-6-17(15)18(21)11-23/h3-10,25H,12H2,1-2H3,(H2,24,26). The van der Waals surface area contributed by atoms with E-state index in [1.165, 1.54) is 6.92 Å². The molecule has 3 N–H and O–H groups in total. The fraction of sp³-hybridized carbons (Fsp3) is 0.136. The highest BCUT2D eigenvalue weighted by Gasteiger charge is 2.19. The number of aromatic amines is 1. The molecule has 2 aromatic carbocycles. The molecule has 0 unspecified atom stereocenters. The van der Waals surface area contributed by atoms with E-state index in [4.69, 9.17) is 5.73 Å². The van der Waals surface area contributed by atoms with Crippen LogP contribution in [0.4, 0.5) is 11.5 Å². The number of aromatic nitrogens is 2. The summed E-state index contributed by atoms with van der Waals surface area (Å²) < 4.78 is 0. The Morgan fingerprint density at radius 3 is 2.79 bits per heavy atom. The van der Waals surface area contributed by atoms with Crippen molar-refractivity contribution in [2.45, 2.75) is 20.4 Å². The Morgan fingerprint density at radius 2 is 2.04 bits per heavy atom. The number of hydrogen-bond donors (Lipinski definition) is 2. The number of carbonyl (C=O) groups excluding carboxylic acids is 1. The topological polar surface area (TPSA) is 98.8 Å². The molecule has 1 amide bonds. The Balaban J connectivity index is 1.80. The Bertz CT molecular complexity index is 1230. The molecule has 0 spiro atoms. The van der Waals surface area contributed by atoms with E-state index >= 15 is 0 Å². The molecule has 0 aliphatic rings. The number of nitriles is 1. The lowest BCUT2D eigenvalue weighted by molar-refractivity contribution is -0.116. The smallest absolute Gasteiger partial charge is 0.224 e. The first-order chi connectivity index (χ1) is 13.5. The summed E-state index contributed by atoms with van der Waals surface area (Å²) in [7, 11) is 0. The zero-order valence-corrected chi connectivity index (χ0v) is 15.7. The quantitative estimate of drug-likeness (QED) is 0.569. The van der Waals surface area contributed by atoms with Crippen LogP contribution in [0.3, 0.4) is 0 Å². The second-order valence-electron chi connectivity index (χ2n) is 6.82. The van der Waals surface area contributed by atoms with Crippen molar-refractivity contribution >= 4 is 39.2 Å². The lowest BCUT2D eigenvalue weighted by Gasteiger charge is -2.22. The van der Waals surface area contributed by atoms with Crippen LogP contribution in [-0.4, -0.2) is 15.9 Å². The summed E-state index contributed by atoms with van der Waals surface area (Å²) in [6, 6.07) is 17.5. The molecular formula is C22H19N5O. The van der Waals surface area contributed by atoms with Gasteiger partial charge in [0.15, 0.2) is 0 Å². The van der Waals surface area contributed by atoms with Gasteiger partial charge >= 0.3 is 0 Å². The van der Waals surface area contributed by atoms with Gasteiger partial charge in [-0.3, -0.25) is 4.79 Å². The molecule has 6 nitrogen and oxygen atoms in total. The molecule has 6 heteroatoms. The van der Waals surface area contributed by atoms with Crippen molar-refractivity contribution in [2.24, 2.45) is 0 Å². The minimum Gasteiger partial charge on any atom is -0.383 e. The summed E-state index contributed by atoms with van der Waals surface area (Å²) in [6.07, 6.45) is 0. The summed E-state index contributed by atoms with van der Waals surface area (Å²) in [5.74, 6) is 0.344. The zero-order valence-electron chi connectivity index (χ0n) is 15.7. The summed E-state index contributed by atoms with van der Waals surface area (Å²) in [4.78, 5) is 21.7. The molecule has 0 atom stereocenters. The molecule has 2 heterocycles. The van der Waals surface area contributed by atoms with E-state index in [1.807, 2.05) is 55.5 Å². The molecule has 4 rings (SSSR count). The van der Waals surface area contributed by atoms with E-state index in [0.29, 0.717) is 23.6 Å². The van der Waals surface area contributed by atoms with Crippen molar-refractivity contribution in [2.75, 3.05) is 10.6 Å². The normalized spacial score (nSPS) is 10.9. The molecule has 4 aromatic rings. The van der Waals surface area contributed by atoms with Crippen LogP contribution in [0.1, 0.15) is 23.7 Å². The third-order valence-corrected chi connectivity index (χ3v) is 4.91. The first-order valence-electron chi connectivity index (χ1n) is 8.92. The second-order valence-corrected chi connectivity index (χ2v) is 6.82. The highest BCUT2D eigenvalue weighted by Crippen LogP contribution is 2.30. The van der Waals surface area contributed by atoms with Gasteiger partial charge in [-0.1, -0.05) is 30.3 Å². The van der Waals surface area contributed by atoms with Crippen LogP contribution in [0.25, 0.3) is 21.8 Å². The van der Waals surface area contributed by atoms with Crippen molar-refractivity contribution in [3.8, 4) is 6.07 Å². The number of fused-ring (bicyclic) bond motifs is 2. The number of H-pyrrole nitrogens is 1. The predicted octanol–water partition coefficient (Wildman–Crippen LogP) is 4.03. The highest BCUT2D eigenvalue weighted by molar-refractivity contribution is 5.99. The van der Waals surface area contributed by atoms with E-state index in [0.717, 1.165) is 33.1 Å². The number of carbonyl (C=O) groups is 1. The predicted molar refractivity (Wildman–Crippen MR) is 111 cm³/mol. The highest BCUT2D eigenvalue weighted by atomic mass is 16.2. The lowest BCUT2D eigenvalue weighted by Crippen LogP contribution is -2.28. The van der Waals surface area contributed by atoms with Crippen molar-refractivity contribution in [3.63, 3.8) is 0 Å². The van der Waals surface area contributed by atoms with Crippen LogP contribution in [-0.2, 0) is 11.3 Å². The van der Waals surface area contributed by atoms with Gasteiger partial charge in [0, 0.05) is 18.0 Å². The van der Waals surface area contributed by atoms with Gasteiger partial charge in [0.2, 0.25) is 5.91 Å². The maximum atomic E-state index is 12.4. The summed E-state index contributed by atoms with van der Waals surface area (Å²) in [6.45, 7) is 3.70. The zero-order chi connectivity index (χ0) is 19.8. The van der Waals surface area contributed by atoms with Crippen LogP contribution in [0.15, 0.2) is 48.5 Å². The molecule has 0 saturated carbocycles. The van der Waals surface area contributed by atoms with E-state index in [2.05, 4.69) is 16.0 Å². The van der Waals surface area contributed by atoms with Crippen LogP contribution >= 0.6 is 0 Å². The van der Waals surface area contributed by atoms with Gasteiger partial charge in [-0.25, -0.2) is 4.98 Å². The van der Waals surface area contributed by atoms with Crippen LogP contribution in [0, 0.1) is 18.3 Å². The van der Waals surface area contributed by atoms with Crippen molar-refractivity contribution in [1.29, 1.82) is 5.26 Å². The van der Waals surface area contributed by atoms with Crippen LogP contribution < -0.4 is 10.6 Å². The Hall–Kier alpha value is -3.85. The first kappa shape index (κ1) is 17.6. The van der Waals surface area contributed by atoms with Gasteiger partial charge in [-0.2, -0.15) is 5.26 Å². The van der Waals surface area contributed by atoms with Gasteiger partial charge in [-0.05, 0) is 36.1 Å². The van der Waals surface area contributed by atoms with E-state index in [9.17, 15) is 10.1 Å². The average Bonchev–Trinajstić information content (AvgIpc) is 3.06. The average molecular weight is 369 g/mol. The summed E-state index contributed by atoms with van der Waals surface area (Å²) >= 11 is 0. The van der Waals surface area contributed by atoms with E-state index in [-0.39, 0.29) is 5.91 Å². The number of aryl methyl sites for hydroxylation is 1. The molecule has 2 aromatic heterocycles. The number of nitrogens with one attached hydrogen (secondary N) is 1. The molecule has 0 bridgehead atoms. The van der Waals surface area contributed by atoms with Crippen molar-refractivity contribution in [1.82, 2.24) is 9.97 Å². The fourth-order valence-electron chi connectivity index (χ4n) is 3.45. The van der Waals surface area contributed by atoms with Crippen LogP contribution in [0.2, 0.25) is 0 Å². The third kappa shape index (κ3) is 2.93. The number of pyridine rings is 1. The summed E-state index contributed by atoms with van der Waals surface area (Å²) in [5, 5.41) is 11.6. The number of benzene rings is 2. The number of nitrogens with two attached hydrogens (primary N) is 1. The number of rotatable bonds is 3. The Labute approximate surface area is 162 Å². The van der Waals surface area contributed by atoms with Crippen molar-refractivity contribution in [3.05, 3.63) is 65.4 Å². The molecule has 28 heavy (non-hydrogen) atoms. The van der Waals surface area contributed by atoms with Gasteiger partial charge in [0.25, 0.3) is 0 Å². The number of nitrogen functional groups attached to an aromatic ring is 1.